The lowest BCUT2D eigenvalue weighted by atomic mass is 10.1. The number of hydrogen-bond acceptors (Lipinski definition) is 4. The van der Waals surface area contributed by atoms with E-state index < -0.39 is 0 Å². The molecule has 0 radical (unpaired) electrons. The van der Waals surface area contributed by atoms with Gasteiger partial charge in [-0.15, -0.1) is 0 Å². The molecular weight excluding hydrogens is 240 g/mol. The Labute approximate surface area is 114 Å². The van der Waals surface area contributed by atoms with Crippen LogP contribution >= 0.6 is 0 Å². The van der Waals surface area contributed by atoms with Gasteiger partial charge in [-0.2, -0.15) is 0 Å². The molecule has 0 spiro atoms. The Bertz CT molecular complexity index is 474. The van der Waals surface area contributed by atoms with E-state index >= 15 is 0 Å². The second-order valence-electron chi connectivity index (χ2n) is 4.76. The lowest BCUT2D eigenvalue weighted by Gasteiger charge is -2.41. The molecule has 1 aromatic rings. The first-order valence-corrected chi connectivity index (χ1v) is 6.62. The highest BCUT2D eigenvalue weighted by Crippen LogP contribution is 2.20. The third-order valence-electron chi connectivity index (χ3n) is 3.52. The van der Waals surface area contributed by atoms with Gasteiger partial charge in [-0.1, -0.05) is 13.5 Å². The number of aromatic nitrogens is 2. The summed E-state index contributed by atoms with van der Waals surface area (Å²) in [6, 6.07) is 2.29. The van der Waals surface area contributed by atoms with Crippen LogP contribution in [0.3, 0.4) is 0 Å². The van der Waals surface area contributed by atoms with E-state index in [9.17, 15) is 4.79 Å². The van der Waals surface area contributed by atoms with Gasteiger partial charge in [0.2, 0.25) is 5.91 Å². The third kappa shape index (κ3) is 2.92. The zero-order valence-corrected chi connectivity index (χ0v) is 11.5. The van der Waals surface area contributed by atoms with Gasteiger partial charge in [0.15, 0.2) is 0 Å². The summed E-state index contributed by atoms with van der Waals surface area (Å²) >= 11 is 0. The van der Waals surface area contributed by atoms with Gasteiger partial charge in [0.1, 0.15) is 12.1 Å². The second kappa shape index (κ2) is 5.82. The molecule has 19 heavy (non-hydrogen) atoms. The average molecular weight is 260 g/mol. The highest BCUT2D eigenvalue weighted by Gasteiger charge is 2.28. The molecule has 0 aromatic carbocycles. The maximum absolute atomic E-state index is 11.7. The maximum Gasteiger partial charge on any atom is 0.246 e. The number of anilines is 1. The van der Waals surface area contributed by atoms with Crippen LogP contribution in [0.4, 0.5) is 5.82 Å². The molecule has 1 unspecified atom stereocenters. The zero-order valence-electron chi connectivity index (χ0n) is 11.5. The Kier molecular flexibility index (Phi) is 4.14. The van der Waals surface area contributed by atoms with Crippen molar-refractivity contribution in [2.75, 3.05) is 24.5 Å². The highest BCUT2D eigenvalue weighted by atomic mass is 16.2. The Morgan fingerprint density at radius 1 is 1.53 bits per heavy atom. The van der Waals surface area contributed by atoms with Crippen molar-refractivity contribution in [3.05, 3.63) is 30.7 Å². The van der Waals surface area contributed by atoms with Crippen molar-refractivity contribution in [2.24, 2.45) is 0 Å². The summed E-state index contributed by atoms with van der Waals surface area (Å²) in [6.45, 7) is 9.88. The average Bonchev–Trinajstić information content (AvgIpc) is 2.45. The molecule has 0 N–H and O–H groups in total. The van der Waals surface area contributed by atoms with Gasteiger partial charge >= 0.3 is 0 Å². The molecule has 0 aliphatic carbocycles. The molecule has 1 aliphatic rings. The molecule has 1 aliphatic heterocycles. The van der Waals surface area contributed by atoms with Gasteiger partial charge in [-0.05, 0) is 19.4 Å². The van der Waals surface area contributed by atoms with Crippen LogP contribution in [0.25, 0.3) is 0 Å². The van der Waals surface area contributed by atoms with Crippen LogP contribution in [-0.4, -0.2) is 46.5 Å². The molecule has 1 atom stereocenters. The van der Waals surface area contributed by atoms with Crippen molar-refractivity contribution in [3.63, 3.8) is 0 Å². The SMILES string of the molecule is C=CC(=O)N1CCN(c2cc(C)ncn2)C(CC)C1. The minimum absolute atomic E-state index is 0.0111. The molecule has 1 fully saturated rings. The summed E-state index contributed by atoms with van der Waals surface area (Å²) in [5, 5.41) is 0. The van der Waals surface area contributed by atoms with Crippen LogP contribution in [0.5, 0.6) is 0 Å². The summed E-state index contributed by atoms with van der Waals surface area (Å²) < 4.78 is 0. The number of hydrogen-bond donors (Lipinski definition) is 0. The molecule has 0 bridgehead atoms. The van der Waals surface area contributed by atoms with Crippen molar-refractivity contribution >= 4 is 11.7 Å². The van der Waals surface area contributed by atoms with Crippen LogP contribution in [0.2, 0.25) is 0 Å². The van der Waals surface area contributed by atoms with E-state index in [1.807, 2.05) is 17.9 Å². The topological polar surface area (TPSA) is 49.3 Å². The van der Waals surface area contributed by atoms with E-state index in [4.69, 9.17) is 0 Å². The van der Waals surface area contributed by atoms with E-state index in [1.54, 1.807) is 6.33 Å². The fraction of sp³-hybridized carbons (Fsp3) is 0.500. The third-order valence-corrected chi connectivity index (χ3v) is 3.52. The number of amides is 1. The Balaban J connectivity index is 2.15. The Morgan fingerprint density at radius 2 is 2.32 bits per heavy atom. The fourth-order valence-electron chi connectivity index (χ4n) is 2.43. The molecule has 5 nitrogen and oxygen atoms in total. The summed E-state index contributed by atoms with van der Waals surface area (Å²) in [4.78, 5) is 24.3. The predicted molar refractivity (Wildman–Crippen MR) is 75.0 cm³/mol. The number of carbonyl (C=O) groups excluding carboxylic acids is 1. The normalized spacial score (nSPS) is 19.4. The van der Waals surface area contributed by atoms with E-state index in [2.05, 4.69) is 28.4 Å². The van der Waals surface area contributed by atoms with Gasteiger partial charge in [0.05, 0.1) is 0 Å². The lowest BCUT2D eigenvalue weighted by molar-refractivity contribution is -0.126. The van der Waals surface area contributed by atoms with Gasteiger partial charge in [-0.3, -0.25) is 4.79 Å². The van der Waals surface area contributed by atoms with E-state index in [0.717, 1.165) is 31.0 Å². The van der Waals surface area contributed by atoms with Gasteiger partial charge in [0.25, 0.3) is 0 Å². The van der Waals surface area contributed by atoms with E-state index in [0.29, 0.717) is 12.6 Å². The van der Waals surface area contributed by atoms with Crippen LogP contribution in [0.15, 0.2) is 25.0 Å². The van der Waals surface area contributed by atoms with Crippen molar-refractivity contribution in [1.82, 2.24) is 14.9 Å². The summed E-state index contributed by atoms with van der Waals surface area (Å²) in [6.07, 6.45) is 3.96. The van der Waals surface area contributed by atoms with Gasteiger partial charge in [-0.25, -0.2) is 9.97 Å². The monoisotopic (exact) mass is 260 g/mol. The van der Waals surface area contributed by atoms with Crippen molar-refractivity contribution in [1.29, 1.82) is 0 Å². The smallest absolute Gasteiger partial charge is 0.246 e. The minimum Gasteiger partial charge on any atom is -0.350 e. The molecule has 2 heterocycles. The fourth-order valence-corrected chi connectivity index (χ4v) is 2.43. The van der Waals surface area contributed by atoms with E-state index in [-0.39, 0.29) is 5.91 Å². The zero-order chi connectivity index (χ0) is 13.8. The van der Waals surface area contributed by atoms with Crippen molar-refractivity contribution in [3.8, 4) is 0 Å². The first-order chi connectivity index (χ1) is 9.15. The molecule has 102 valence electrons. The minimum atomic E-state index is 0.0111. The molecule has 1 saturated heterocycles. The summed E-state index contributed by atoms with van der Waals surface area (Å²) in [7, 11) is 0. The van der Waals surface area contributed by atoms with Crippen LogP contribution in [0, 0.1) is 6.92 Å². The number of piperazine rings is 1. The van der Waals surface area contributed by atoms with Crippen molar-refractivity contribution < 1.29 is 4.79 Å². The number of nitrogens with zero attached hydrogens (tertiary/aromatic N) is 4. The molecule has 1 aromatic heterocycles. The highest BCUT2D eigenvalue weighted by molar-refractivity contribution is 5.87. The van der Waals surface area contributed by atoms with Crippen LogP contribution < -0.4 is 4.90 Å². The number of rotatable bonds is 3. The largest absolute Gasteiger partial charge is 0.350 e. The lowest BCUT2D eigenvalue weighted by Crippen LogP contribution is -2.54. The summed E-state index contributed by atoms with van der Waals surface area (Å²) in [5.41, 5.74) is 0.962. The maximum atomic E-state index is 11.7. The Morgan fingerprint density at radius 3 is 2.95 bits per heavy atom. The van der Waals surface area contributed by atoms with Gasteiger partial charge in [0, 0.05) is 37.4 Å². The van der Waals surface area contributed by atoms with Crippen molar-refractivity contribution in [2.45, 2.75) is 26.3 Å². The number of aryl methyl sites for hydroxylation is 1. The van der Waals surface area contributed by atoms with Crippen LogP contribution in [0.1, 0.15) is 19.0 Å². The quantitative estimate of drug-likeness (QED) is 0.771. The predicted octanol–water partition coefficient (Wildman–Crippen LogP) is 1.40. The molecule has 1 amide bonds. The summed E-state index contributed by atoms with van der Waals surface area (Å²) in [5.74, 6) is 0.960. The van der Waals surface area contributed by atoms with Gasteiger partial charge < -0.3 is 9.80 Å². The van der Waals surface area contributed by atoms with E-state index in [1.165, 1.54) is 6.08 Å². The molecule has 5 heteroatoms. The van der Waals surface area contributed by atoms with Crippen LogP contribution in [-0.2, 0) is 4.79 Å². The molecule has 0 saturated carbocycles. The second-order valence-corrected chi connectivity index (χ2v) is 4.76. The molecule has 2 rings (SSSR count). The Hall–Kier alpha value is -1.91. The number of carbonyl (C=O) groups is 1. The molecular formula is C14H20N4O. The first-order valence-electron chi connectivity index (χ1n) is 6.62. The standard InChI is InChI=1S/C14H20N4O/c1-4-12-9-17(14(19)5-2)6-7-18(12)13-8-11(3)15-10-16-13/h5,8,10,12H,2,4,6-7,9H2,1,3H3. The first kappa shape index (κ1) is 13.5.